The van der Waals surface area contributed by atoms with E-state index in [4.69, 9.17) is 11.6 Å². The van der Waals surface area contributed by atoms with Crippen LogP contribution in [-0.4, -0.2) is 33.9 Å². The van der Waals surface area contributed by atoms with Crippen molar-refractivity contribution < 1.29 is 14.4 Å². The summed E-state index contributed by atoms with van der Waals surface area (Å²) in [5.41, 5.74) is 5.16. The molecule has 4 rings (SSSR count). The molecule has 0 atom stereocenters. The lowest BCUT2D eigenvalue weighted by Gasteiger charge is -2.12. The molecule has 2 aromatic carbocycles. The molecule has 0 unspecified atom stereocenters. The van der Waals surface area contributed by atoms with Crippen LogP contribution in [0.15, 0.2) is 60.3 Å². The van der Waals surface area contributed by atoms with Crippen molar-refractivity contribution in [2.75, 3.05) is 11.9 Å². The van der Waals surface area contributed by atoms with Crippen LogP contribution in [0.25, 0.3) is 11.8 Å². The van der Waals surface area contributed by atoms with E-state index in [9.17, 15) is 14.4 Å². The number of hydrogen-bond donors (Lipinski definition) is 2. The Balaban J connectivity index is 1.53. The van der Waals surface area contributed by atoms with Crippen LogP contribution in [0.3, 0.4) is 0 Å². The van der Waals surface area contributed by atoms with Crippen molar-refractivity contribution in [3.63, 3.8) is 0 Å². The van der Waals surface area contributed by atoms with Crippen LogP contribution in [-0.2, 0) is 9.59 Å². The Bertz CT molecular complexity index is 1290. The molecule has 0 spiro atoms. The van der Waals surface area contributed by atoms with Crippen LogP contribution >= 0.6 is 11.6 Å². The number of carbonyl (C=O) groups excluding carboxylic acids is 3. The molecule has 1 aliphatic heterocycles. The van der Waals surface area contributed by atoms with Gasteiger partial charge >= 0.3 is 6.03 Å². The first kappa shape index (κ1) is 22.4. The number of para-hydroxylation sites is 1. The number of imide groups is 1. The number of nitrogens with zero attached hydrogens (tertiary/aromatic N) is 2. The van der Waals surface area contributed by atoms with Gasteiger partial charge in [0.25, 0.3) is 5.91 Å². The minimum absolute atomic E-state index is 0.113. The highest BCUT2D eigenvalue weighted by Crippen LogP contribution is 2.28. The van der Waals surface area contributed by atoms with E-state index in [1.165, 1.54) is 0 Å². The summed E-state index contributed by atoms with van der Waals surface area (Å²) in [5.74, 6) is -1.01. The molecule has 4 amide bonds. The predicted octanol–water partition coefficient (Wildman–Crippen LogP) is 4.59. The molecule has 0 aliphatic carbocycles. The number of aromatic nitrogens is 1. The van der Waals surface area contributed by atoms with Crippen LogP contribution in [0, 0.1) is 20.8 Å². The maximum atomic E-state index is 12.8. The fraction of sp³-hybridized carbons (Fsp3) is 0.160. The Morgan fingerprint density at radius 1 is 1.06 bits per heavy atom. The van der Waals surface area contributed by atoms with Crippen molar-refractivity contribution in [1.82, 2.24) is 14.8 Å². The van der Waals surface area contributed by atoms with Gasteiger partial charge in [-0.25, -0.2) is 9.69 Å². The minimum Gasteiger partial charge on any atom is -0.325 e. The number of amides is 4. The average Bonchev–Trinajstić information content (AvgIpc) is 3.19. The molecule has 7 nitrogen and oxygen atoms in total. The normalized spacial score (nSPS) is 14.7. The second kappa shape index (κ2) is 8.96. The monoisotopic (exact) mass is 462 g/mol. The fourth-order valence-corrected chi connectivity index (χ4v) is 4.01. The number of benzene rings is 2. The highest BCUT2D eigenvalue weighted by molar-refractivity contribution is 6.32. The van der Waals surface area contributed by atoms with Gasteiger partial charge in [-0.1, -0.05) is 41.4 Å². The van der Waals surface area contributed by atoms with Gasteiger partial charge in [0, 0.05) is 17.1 Å². The quantitative estimate of drug-likeness (QED) is 0.429. The molecule has 2 N–H and O–H groups in total. The molecular weight excluding hydrogens is 440 g/mol. The maximum Gasteiger partial charge on any atom is 0.329 e. The van der Waals surface area contributed by atoms with Crippen molar-refractivity contribution in [3.8, 4) is 5.69 Å². The Hall–Kier alpha value is -3.84. The molecule has 33 heavy (non-hydrogen) atoms. The fourth-order valence-electron chi connectivity index (χ4n) is 3.79. The number of halogens is 1. The molecular formula is C25H23ClN4O3. The third-order valence-corrected chi connectivity index (χ3v) is 5.78. The van der Waals surface area contributed by atoms with Gasteiger partial charge in [0.05, 0.1) is 10.7 Å². The zero-order valence-electron chi connectivity index (χ0n) is 18.5. The molecule has 3 aromatic rings. The lowest BCUT2D eigenvalue weighted by Crippen LogP contribution is -2.38. The van der Waals surface area contributed by atoms with Gasteiger partial charge < -0.3 is 15.2 Å². The van der Waals surface area contributed by atoms with Crippen molar-refractivity contribution in [3.05, 3.63) is 87.8 Å². The third kappa shape index (κ3) is 4.54. The lowest BCUT2D eigenvalue weighted by molar-refractivity contribution is -0.127. The van der Waals surface area contributed by atoms with Gasteiger partial charge in [-0.3, -0.25) is 9.59 Å². The Morgan fingerprint density at radius 3 is 2.45 bits per heavy atom. The van der Waals surface area contributed by atoms with Crippen LogP contribution in [0.1, 0.15) is 22.5 Å². The molecule has 1 fully saturated rings. The summed E-state index contributed by atoms with van der Waals surface area (Å²) in [6.07, 6.45) is 1.62. The summed E-state index contributed by atoms with van der Waals surface area (Å²) < 4.78 is 1.99. The smallest absolute Gasteiger partial charge is 0.325 e. The van der Waals surface area contributed by atoms with Gasteiger partial charge in [-0.15, -0.1) is 0 Å². The number of hydrogen-bond acceptors (Lipinski definition) is 3. The van der Waals surface area contributed by atoms with Crippen LogP contribution < -0.4 is 10.6 Å². The molecule has 0 radical (unpaired) electrons. The van der Waals surface area contributed by atoms with E-state index >= 15 is 0 Å². The van der Waals surface area contributed by atoms with Crippen molar-refractivity contribution in [2.45, 2.75) is 20.8 Å². The molecule has 168 valence electrons. The highest BCUT2D eigenvalue weighted by atomic mass is 35.5. The van der Waals surface area contributed by atoms with Crippen LogP contribution in [0.2, 0.25) is 5.02 Å². The standard InChI is InChI=1S/C25H23ClN4O3/c1-15-8-10-19(11-9-15)27-23(31)14-29-24(32)21(28-25(29)33)13-18-12-16(2)30(17(18)3)22-7-5-4-6-20(22)26/h4-13H,14H2,1-3H3,(H,27,31)(H,28,33)/b21-13+. The Morgan fingerprint density at radius 2 is 1.76 bits per heavy atom. The van der Waals surface area contributed by atoms with E-state index in [-0.39, 0.29) is 12.2 Å². The van der Waals surface area contributed by atoms with Crippen LogP contribution in [0.4, 0.5) is 10.5 Å². The van der Waals surface area contributed by atoms with Crippen molar-refractivity contribution >= 4 is 41.2 Å². The molecule has 1 saturated heterocycles. The Labute approximate surface area is 196 Å². The number of nitrogens with one attached hydrogen (secondary N) is 2. The molecule has 1 aliphatic rings. The number of anilines is 1. The first-order valence-corrected chi connectivity index (χ1v) is 10.8. The van der Waals surface area contributed by atoms with Gasteiger partial charge in [-0.05, 0) is 62.7 Å². The average molecular weight is 463 g/mol. The van der Waals surface area contributed by atoms with Gasteiger partial charge in [0.2, 0.25) is 5.91 Å². The van der Waals surface area contributed by atoms with E-state index in [0.29, 0.717) is 10.7 Å². The van der Waals surface area contributed by atoms with Gasteiger partial charge in [-0.2, -0.15) is 0 Å². The lowest BCUT2D eigenvalue weighted by atomic mass is 10.2. The van der Waals surface area contributed by atoms with Gasteiger partial charge in [0.1, 0.15) is 12.2 Å². The minimum atomic E-state index is -0.634. The molecule has 1 aromatic heterocycles. The van der Waals surface area contributed by atoms with Crippen LogP contribution in [0.5, 0.6) is 0 Å². The number of urea groups is 1. The summed E-state index contributed by atoms with van der Waals surface area (Å²) >= 11 is 6.37. The first-order chi connectivity index (χ1) is 15.7. The molecule has 2 heterocycles. The Kier molecular flexibility index (Phi) is 6.07. The van der Waals surface area contributed by atoms with Crippen molar-refractivity contribution in [2.24, 2.45) is 0 Å². The maximum absolute atomic E-state index is 12.8. The van der Waals surface area contributed by atoms with Crippen molar-refractivity contribution in [1.29, 1.82) is 0 Å². The SMILES string of the molecule is Cc1ccc(NC(=O)CN2C(=O)N/C(=C/c3cc(C)n(-c4ccccc4Cl)c3C)C2=O)cc1. The van der Waals surface area contributed by atoms with E-state index in [1.807, 2.05) is 67.8 Å². The summed E-state index contributed by atoms with van der Waals surface area (Å²) in [4.78, 5) is 38.5. The molecule has 0 bridgehead atoms. The zero-order chi connectivity index (χ0) is 23.7. The van der Waals surface area contributed by atoms with E-state index in [2.05, 4.69) is 10.6 Å². The summed E-state index contributed by atoms with van der Waals surface area (Å²) in [6, 6.07) is 16.0. The number of carbonyl (C=O) groups is 3. The second-order valence-electron chi connectivity index (χ2n) is 7.91. The molecule has 0 saturated carbocycles. The van der Waals surface area contributed by atoms with E-state index in [1.54, 1.807) is 18.2 Å². The number of aryl methyl sites for hydroxylation is 2. The first-order valence-electron chi connectivity index (χ1n) is 10.4. The number of rotatable bonds is 5. The molecule has 8 heteroatoms. The highest BCUT2D eigenvalue weighted by Gasteiger charge is 2.35. The predicted molar refractivity (Wildman–Crippen MR) is 128 cm³/mol. The zero-order valence-corrected chi connectivity index (χ0v) is 19.2. The second-order valence-corrected chi connectivity index (χ2v) is 8.31. The van der Waals surface area contributed by atoms with E-state index < -0.39 is 17.8 Å². The summed E-state index contributed by atoms with van der Waals surface area (Å²) in [5, 5.41) is 5.87. The summed E-state index contributed by atoms with van der Waals surface area (Å²) in [7, 11) is 0. The third-order valence-electron chi connectivity index (χ3n) is 5.46. The summed E-state index contributed by atoms with van der Waals surface area (Å²) in [6.45, 7) is 5.42. The van der Waals surface area contributed by atoms with E-state index in [0.717, 1.165) is 33.1 Å². The largest absolute Gasteiger partial charge is 0.329 e. The topological polar surface area (TPSA) is 83.4 Å². The van der Waals surface area contributed by atoms with Gasteiger partial charge in [0.15, 0.2) is 0 Å².